The van der Waals surface area contributed by atoms with Crippen LogP contribution in [-0.2, 0) is 0 Å². The molecule has 0 aromatic heterocycles. The summed E-state index contributed by atoms with van der Waals surface area (Å²) >= 11 is 6.50. The van der Waals surface area contributed by atoms with Gasteiger partial charge in [-0.05, 0) is 49.2 Å². The van der Waals surface area contributed by atoms with E-state index in [1.807, 2.05) is 24.3 Å². The Morgan fingerprint density at radius 1 is 1.10 bits per heavy atom. The fourth-order valence-electron chi connectivity index (χ4n) is 2.52. The van der Waals surface area contributed by atoms with Gasteiger partial charge in [0.1, 0.15) is 5.75 Å². The van der Waals surface area contributed by atoms with Crippen molar-refractivity contribution in [2.75, 3.05) is 13.7 Å². The van der Waals surface area contributed by atoms with Crippen LogP contribution in [0, 0.1) is 13.8 Å². The van der Waals surface area contributed by atoms with Crippen LogP contribution in [0.2, 0.25) is 5.02 Å². The number of benzene rings is 2. The highest BCUT2D eigenvalue weighted by molar-refractivity contribution is 6.31. The van der Waals surface area contributed by atoms with Crippen molar-refractivity contribution < 1.29 is 4.74 Å². The summed E-state index contributed by atoms with van der Waals surface area (Å²) in [6.07, 6.45) is 0. The molecule has 0 aliphatic rings. The van der Waals surface area contributed by atoms with Gasteiger partial charge in [0.15, 0.2) is 0 Å². The van der Waals surface area contributed by atoms with E-state index < -0.39 is 0 Å². The van der Waals surface area contributed by atoms with Gasteiger partial charge in [-0.3, -0.25) is 0 Å². The number of halogens is 1. The Morgan fingerprint density at radius 2 is 1.76 bits per heavy atom. The molecule has 0 amide bonds. The molecule has 112 valence electrons. The maximum Gasteiger partial charge on any atom is 0.123 e. The van der Waals surface area contributed by atoms with Gasteiger partial charge in [-0.15, -0.1) is 0 Å². The van der Waals surface area contributed by atoms with Gasteiger partial charge in [0.2, 0.25) is 0 Å². The van der Waals surface area contributed by atoms with E-state index in [1.165, 1.54) is 11.1 Å². The second-order valence-electron chi connectivity index (χ2n) is 5.19. The van der Waals surface area contributed by atoms with Gasteiger partial charge >= 0.3 is 0 Å². The fraction of sp³-hybridized carbons (Fsp3) is 0.333. The molecule has 0 saturated heterocycles. The predicted octanol–water partition coefficient (Wildman–Crippen LogP) is 4.66. The van der Waals surface area contributed by atoms with Crippen molar-refractivity contribution in [2.24, 2.45) is 0 Å². The third kappa shape index (κ3) is 3.39. The number of hydrogen-bond acceptors (Lipinski definition) is 2. The number of methoxy groups -OCH3 is 1. The van der Waals surface area contributed by atoms with Crippen molar-refractivity contribution in [2.45, 2.75) is 26.8 Å². The van der Waals surface area contributed by atoms with Crippen LogP contribution < -0.4 is 10.1 Å². The van der Waals surface area contributed by atoms with Crippen molar-refractivity contribution in [3.8, 4) is 5.75 Å². The van der Waals surface area contributed by atoms with Gasteiger partial charge in [0.05, 0.1) is 13.2 Å². The minimum Gasteiger partial charge on any atom is -0.496 e. The summed E-state index contributed by atoms with van der Waals surface area (Å²) in [5.41, 5.74) is 4.64. The van der Waals surface area contributed by atoms with Crippen LogP contribution in [0.1, 0.15) is 35.2 Å². The molecular formula is C18H22ClNO. The largest absolute Gasteiger partial charge is 0.496 e. The van der Waals surface area contributed by atoms with Crippen molar-refractivity contribution in [3.05, 3.63) is 63.7 Å². The molecule has 0 aliphatic heterocycles. The molecule has 0 radical (unpaired) electrons. The Kier molecular flexibility index (Phi) is 5.27. The van der Waals surface area contributed by atoms with Gasteiger partial charge in [-0.1, -0.05) is 42.8 Å². The highest BCUT2D eigenvalue weighted by atomic mass is 35.5. The Hall–Kier alpha value is -1.51. The summed E-state index contributed by atoms with van der Waals surface area (Å²) in [7, 11) is 1.70. The van der Waals surface area contributed by atoms with Gasteiger partial charge < -0.3 is 10.1 Å². The van der Waals surface area contributed by atoms with Crippen LogP contribution in [0.25, 0.3) is 0 Å². The molecule has 1 atom stereocenters. The number of aryl methyl sites for hydroxylation is 2. The third-order valence-electron chi connectivity index (χ3n) is 3.78. The quantitative estimate of drug-likeness (QED) is 0.867. The Balaban J connectivity index is 2.56. The van der Waals surface area contributed by atoms with E-state index in [0.717, 1.165) is 28.4 Å². The molecule has 1 N–H and O–H groups in total. The summed E-state index contributed by atoms with van der Waals surface area (Å²) in [6.45, 7) is 7.14. The normalized spacial score (nSPS) is 12.2. The summed E-state index contributed by atoms with van der Waals surface area (Å²) in [4.78, 5) is 0. The van der Waals surface area contributed by atoms with Gasteiger partial charge in [0.25, 0.3) is 0 Å². The standard InChI is InChI=1S/C18H22ClNO/c1-5-20-18(14-8-6-7-9-17(14)21-4)15-10-12(2)13(3)11-16(15)19/h6-11,18,20H,5H2,1-4H3. The molecule has 3 heteroatoms. The second kappa shape index (κ2) is 6.97. The molecule has 2 rings (SSSR count). The first-order valence-corrected chi connectivity index (χ1v) is 7.59. The minimum atomic E-state index is 0.0259. The van der Waals surface area contributed by atoms with E-state index >= 15 is 0 Å². The summed E-state index contributed by atoms with van der Waals surface area (Å²) in [5, 5.41) is 4.30. The van der Waals surface area contributed by atoms with Gasteiger partial charge in [-0.2, -0.15) is 0 Å². The lowest BCUT2D eigenvalue weighted by Crippen LogP contribution is -2.23. The maximum absolute atomic E-state index is 6.50. The first-order chi connectivity index (χ1) is 10.1. The Labute approximate surface area is 132 Å². The number of nitrogens with one attached hydrogen (secondary N) is 1. The Morgan fingerprint density at radius 3 is 2.43 bits per heavy atom. The fourth-order valence-corrected chi connectivity index (χ4v) is 2.85. The predicted molar refractivity (Wildman–Crippen MR) is 89.4 cm³/mol. The van der Waals surface area contributed by atoms with Crippen molar-refractivity contribution in [3.63, 3.8) is 0 Å². The molecule has 1 unspecified atom stereocenters. The summed E-state index contributed by atoms with van der Waals surface area (Å²) < 4.78 is 5.50. The van der Waals surface area contributed by atoms with Gasteiger partial charge in [0, 0.05) is 10.6 Å². The first-order valence-electron chi connectivity index (χ1n) is 7.21. The van der Waals surface area contributed by atoms with Crippen molar-refractivity contribution in [1.29, 1.82) is 0 Å². The molecule has 0 saturated carbocycles. The van der Waals surface area contributed by atoms with Crippen molar-refractivity contribution in [1.82, 2.24) is 5.32 Å². The first kappa shape index (κ1) is 15.9. The SMILES string of the molecule is CCNC(c1cc(C)c(C)cc1Cl)c1ccccc1OC. The topological polar surface area (TPSA) is 21.3 Å². The van der Waals surface area contributed by atoms with Crippen LogP contribution >= 0.6 is 11.6 Å². The molecule has 0 heterocycles. The second-order valence-corrected chi connectivity index (χ2v) is 5.60. The summed E-state index contributed by atoms with van der Waals surface area (Å²) in [6, 6.07) is 12.3. The van der Waals surface area contributed by atoms with Crippen molar-refractivity contribution >= 4 is 11.6 Å². The lowest BCUT2D eigenvalue weighted by atomic mass is 9.94. The minimum absolute atomic E-state index is 0.0259. The van der Waals surface area contributed by atoms with E-state index in [9.17, 15) is 0 Å². The number of rotatable bonds is 5. The lowest BCUT2D eigenvalue weighted by molar-refractivity contribution is 0.404. The number of hydrogen-bond donors (Lipinski definition) is 1. The lowest BCUT2D eigenvalue weighted by Gasteiger charge is -2.23. The average molecular weight is 304 g/mol. The highest BCUT2D eigenvalue weighted by Crippen LogP contribution is 2.34. The smallest absolute Gasteiger partial charge is 0.123 e. The van der Waals surface area contributed by atoms with E-state index in [1.54, 1.807) is 7.11 Å². The maximum atomic E-state index is 6.50. The van der Waals surface area contributed by atoms with Crippen LogP contribution in [-0.4, -0.2) is 13.7 Å². The van der Waals surface area contributed by atoms with E-state index in [4.69, 9.17) is 16.3 Å². The number of para-hydroxylation sites is 1. The zero-order valence-corrected chi connectivity index (χ0v) is 13.8. The zero-order valence-electron chi connectivity index (χ0n) is 13.0. The van der Waals surface area contributed by atoms with Crippen LogP contribution in [0.4, 0.5) is 0 Å². The Bertz CT molecular complexity index is 625. The molecule has 0 spiro atoms. The third-order valence-corrected chi connectivity index (χ3v) is 4.11. The molecule has 0 aliphatic carbocycles. The highest BCUT2D eigenvalue weighted by Gasteiger charge is 2.20. The molecule has 2 aromatic carbocycles. The van der Waals surface area contributed by atoms with E-state index in [0.29, 0.717) is 0 Å². The average Bonchev–Trinajstić information content (AvgIpc) is 2.49. The monoisotopic (exact) mass is 303 g/mol. The van der Waals surface area contributed by atoms with E-state index in [-0.39, 0.29) is 6.04 Å². The molecule has 0 bridgehead atoms. The molecular weight excluding hydrogens is 282 g/mol. The van der Waals surface area contributed by atoms with Crippen LogP contribution in [0.3, 0.4) is 0 Å². The molecule has 21 heavy (non-hydrogen) atoms. The molecule has 2 nitrogen and oxygen atoms in total. The van der Waals surface area contributed by atoms with E-state index in [2.05, 4.69) is 38.2 Å². The van der Waals surface area contributed by atoms with Crippen LogP contribution in [0.5, 0.6) is 5.75 Å². The molecule has 0 fully saturated rings. The van der Waals surface area contributed by atoms with Gasteiger partial charge in [-0.25, -0.2) is 0 Å². The number of ether oxygens (including phenoxy) is 1. The van der Waals surface area contributed by atoms with Crippen LogP contribution in [0.15, 0.2) is 36.4 Å². The summed E-state index contributed by atoms with van der Waals surface area (Å²) in [5.74, 6) is 0.873. The zero-order chi connectivity index (χ0) is 15.4. The molecule has 2 aromatic rings.